The molecule has 0 radical (unpaired) electrons. The summed E-state index contributed by atoms with van der Waals surface area (Å²) in [5.74, 6) is 0.381. The number of carbonyl (C=O) groups is 1. The third kappa shape index (κ3) is 5.95. The van der Waals surface area contributed by atoms with Crippen LogP contribution < -0.4 is 10.2 Å². The van der Waals surface area contributed by atoms with E-state index in [1.807, 2.05) is 5.48 Å². The molecule has 3 N–H and O–H groups in total. The lowest BCUT2D eigenvalue weighted by Gasteiger charge is -2.33. The van der Waals surface area contributed by atoms with Gasteiger partial charge in [-0.15, -0.1) is 0 Å². The molecule has 0 saturated carbocycles. The maximum absolute atomic E-state index is 13.3. The number of rotatable bonds is 8. The normalized spacial score (nSPS) is 16.2. The molecule has 3 rings (SSSR count). The Morgan fingerprint density at radius 1 is 1.31 bits per heavy atom. The van der Waals surface area contributed by atoms with Crippen LogP contribution in [0.4, 0.5) is 5.95 Å². The number of likely N-dealkylation sites (tertiary alicyclic amines) is 1. The second-order valence-electron chi connectivity index (χ2n) is 7.72. The van der Waals surface area contributed by atoms with E-state index in [4.69, 9.17) is 23.2 Å². The van der Waals surface area contributed by atoms with Crippen molar-refractivity contribution < 1.29 is 18.4 Å². The molecule has 9 nitrogen and oxygen atoms in total. The van der Waals surface area contributed by atoms with E-state index in [9.17, 15) is 18.4 Å². The van der Waals surface area contributed by atoms with Crippen LogP contribution in [0.25, 0.3) is 0 Å². The first kappa shape index (κ1) is 25.3. The summed E-state index contributed by atoms with van der Waals surface area (Å²) in [6.45, 7) is 3.48. The SMILES string of the molecule is CC1CCN(C(=O)C(CCn2ccnc2NO)NS(=O)(=O)c2c(Cl)cc(Br)cc2Cl)CC1. The summed E-state index contributed by atoms with van der Waals surface area (Å²) in [5, 5.41) is 9.06. The van der Waals surface area contributed by atoms with Gasteiger partial charge in [-0.1, -0.05) is 46.1 Å². The Kier molecular flexibility index (Phi) is 8.45. The highest BCUT2D eigenvalue weighted by molar-refractivity contribution is 9.10. The third-order valence-electron chi connectivity index (χ3n) is 5.40. The predicted molar refractivity (Wildman–Crippen MR) is 126 cm³/mol. The van der Waals surface area contributed by atoms with Crippen molar-refractivity contribution in [2.45, 2.75) is 43.7 Å². The van der Waals surface area contributed by atoms with Crippen LogP contribution in [0, 0.1) is 5.92 Å². The van der Waals surface area contributed by atoms with Crippen LogP contribution in [0.5, 0.6) is 0 Å². The largest absolute Gasteiger partial charge is 0.341 e. The predicted octanol–water partition coefficient (Wildman–Crippen LogP) is 3.75. The average Bonchev–Trinajstić information content (AvgIpc) is 3.17. The van der Waals surface area contributed by atoms with E-state index in [0.29, 0.717) is 23.5 Å². The van der Waals surface area contributed by atoms with Crippen LogP contribution >= 0.6 is 39.1 Å². The first-order chi connectivity index (χ1) is 15.1. The molecule has 0 bridgehead atoms. The van der Waals surface area contributed by atoms with Crippen molar-refractivity contribution in [2.75, 3.05) is 18.6 Å². The number of amides is 1. The molecule has 0 aliphatic carbocycles. The van der Waals surface area contributed by atoms with E-state index in [1.165, 1.54) is 18.3 Å². The molecule has 1 fully saturated rings. The first-order valence-electron chi connectivity index (χ1n) is 9.99. The lowest BCUT2D eigenvalue weighted by atomic mass is 9.98. The van der Waals surface area contributed by atoms with Gasteiger partial charge in [-0.05, 0) is 37.3 Å². The van der Waals surface area contributed by atoms with Crippen molar-refractivity contribution in [3.05, 3.63) is 39.0 Å². The molecule has 2 aromatic rings. The van der Waals surface area contributed by atoms with Gasteiger partial charge in [0.2, 0.25) is 21.9 Å². The van der Waals surface area contributed by atoms with Gasteiger partial charge in [0, 0.05) is 36.5 Å². The van der Waals surface area contributed by atoms with Crippen molar-refractivity contribution >= 4 is 61.0 Å². The zero-order valence-electron chi connectivity index (χ0n) is 17.3. The van der Waals surface area contributed by atoms with Crippen molar-refractivity contribution in [1.82, 2.24) is 19.2 Å². The minimum atomic E-state index is -4.21. The van der Waals surface area contributed by atoms with Gasteiger partial charge in [0.15, 0.2) is 0 Å². The lowest BCUT2D eigenvalue weighted by Crippen LogP contribution is -2.51. The van der Waals surface area contributed by atoms with Crippen LogP contribution in [0.1, 0.15) is 26.2 Å². The molecule has 0 spiro atoms. The van der Waals surface area contributed by atoms with Gasteiger partial charge < -0.3 is 9.47 Å². The Hall–Kier alpha value is -1.37. The number of nitrogens with zero attached hydrogens (tertiary/aromatic N) is 3. The number of aromatic nitrogens is 2. The highest BCUT2D eigenvalue weighted by Crippen LogP contribution is 2.33. The van der Waals surface area contributed by atoms with Crippen LogP contribution in [-0.2, 0) is 21.4 Å². The number of carbonyl (C=O) groups excluding carboxylic acids is 1. The van der Waals surface area contributed by atoms with Crippen LogP contribution in [0.3, 0.4) is 0 Å². The van der Waals surface area contributed by atoms with Crippen LogP contribution in [0.2, 0.25) is 10.0 Å². The average molecular weight is 569 g/mol. The van der Waals surface area contributed by atoms with Gasteiger partial charge in [0.1, 0.15) is 10.9 Å². The molecule has 13 heteroatoms. The Balaban J connectivity index is 1.86. The number of piperidine rings is 1. The van der Waals surface area contributed by atoms with Crippen molar-refractivity contribution in [3.8, 4) is 0 Å². The Bertz CT molecular complexity index is 1050. The van der Waals surface area contributed by atoms with E-state index in [0.717, 1.165) is 12.8 Å². The molecule has 32 heavy (non-hydrogen) atoms. The number of aryl methyl sites for hydroxylation is 1. The van der Waals surface area contributed by atoms with Gasteiger partial charge in [-0.2, -0.15) is 4.72 Å². The molecule has 2 heterocycles. The van der Waals surface area contributed by atoms with Gasteiger partial charge in [-0.3, -0.25) is 10.0 Å². The summed E-state index contributed by atoms with van der Waals surface area (Å²) in [7, 11) is -4.21. The van der Waals surface area contributed by atoms with Crippen molar-refractivity contribution in [3.63, 3.8) is 0 Å². The third-order valence-corrected chi connectivity index (χ3v) is 8.25. The second kappa shape index (κ2) is 10.7. The topological polar surface area (TPSA) is 117 Å². The summed E-state index contributed by atoms with van der Waals surface area (Å²) < 4.78 is 31.0. The number of sulfonamides is 1. The monoisotopic (exact) mass is 567 g/mol. The number of hydrogen-bond donors (Lipinski definition) is 3. The van der Waals surface area contributed by atoms with E-state index in [1.54, 1.807) is 15.7 Å². The molecule has 176 valence electrons. The molecular weight excluding hydrogens is 545 g/mol. The fourth-order valence-corrected chi connectivity index (χ4v) is 6.75. The van der Waals surface area contributed by atoms with Gasteiger partial charge >= 0.3 is 0 Å². The molecule has 1 amide bonds. The molecule has 1 atom stereocenters. The summed E-state index contributed by atoms with van der Waals surface area (Å²) >= 11 is 15.6. The number of halogens is 3. The van der Waals surface area contributed by atoms with Crippen molar-refractivity contribution in [1.29, 1.82) is 0 Å². The highest BCUT2D eigenvalue weighted by Gasteiger charge is 2.33. The maximum atomic E-state index is 13.3. The molecule has 1 unspecified atom stereocenters. The van der Waals surface area contributed by atoms with Crippen molar-refractivity contribution in [2.24, 2.45) is 5.92 Å². The number of anilines is 1. The molecule has 1 saturated heterocycles. The standard InChI is InChI=1S/C19H24BrCl2N5O4S/c1-12-2-6-26(7-3-12)18(28)16(4-8-27-9-5-23-19(27)24-29)25-32(30,31)17-14(21)10-13(20)11-15(17)22/h5,9-12,16,25,29H,2-4,6-8H2,1H3,(H,23,24). The Morgan fingerprint density at radius 2 is 1.94 bits per heavy atom. The van der Waals surface area contributed by atoms with E-state index < -0.39 is 16.1 Å². The van der Waals surface area contributed by atoms with Gasteiger partial charge in [0.05, 0.1) is 10.0 Å². The van der Waals surface area contributed by atoms with Crippen LogP contribution in [-0.4, -0.2) is 53.1 Å². The minimum absolute atomic E-state index is 0.0590. The maximum Gasteiger partial charge on any atom is 0.244 e. The fraction of sp³-hybridized carbons (Fsp3) is 0.474. The quantitative estimate of drug-likeness (QED) is 0.418. The van der Waals surface area contributed by atoms with Gasteiger partial charge in [0.25, 0.3) is 0 Å². The molecule has 1 aliphatic rings. The van der Waals surface area contributed by atoms with E-state index in [2.05, 4.69) is 32.6 Å². The molecule has 1 aromatic heterocycles. The number of imidazole rings is 1. The highest BCUT2D eigenvalue weighted by atomic mass is 79.9. The summed E-state index contributed by atoms with van der Waals surface area (Å²) in [6, 6.07) is 1.79. The smallest absolute Gasteiger partial charge is 0.244 e. The summed E-state index contributed by atoms with van der Waals surface area (Å²) in [6.07, 6.45) is 4.93. The summed E-state index contributed by atoms with van der Waals surface area (Å²) in [5.41, 5.74) is 1.97. The van der Waals surface area contributed by atoms with E-state index in [-0.39, 0.29) is 39.8 Å². The molecule has 1 aromatic carbocycles. The zero-order valence-corrected chi connectivity index (χ0v) is 21.2. The lowest BCUT2D eigenvalue weighted by molar-refractivity contribution is -0.134. The fourth-order valence-electron chi connectivity index (χ4n) is 3.58. The van der Waals surface area contributed by atoms with E-state index >= 15 is 0 Å². The number of hydrogen-bond acceptors (Lipinski definition) is 6. The zero-order chi connectivity index (χ0) is 23.5. The number of nitrogens with one attached hydrogen (secondary N) is 2. The Morgan fingerprint density at radius 3 is 2.53 bits per heavy atom. The number of benzene rings is 1. The van der Waals surface area contributed by atoms with Gasteiger partial charge in [-0.25, -0.2) is 18.9 Å². The van der Waals surface area contributed by atoms with Crippen LogP contribution in [0.15, 0.2) is 33.9 Å². The first-order valence-corrected chi connectivity index (χ1v) is 13.0. The molecular formula is C19H24BrCl2N5O4S. The minimum Gasteiger partial charge on any atom is -0.341 e. The summed E-state index contributed by atoms with van der Waals surface area (Å²) in [4.78, 5) is 18.6. The second-order valence-corrected chi connectivity index (χ2v) is 11.1. The Labute approximate surface area is 205 Å². The molecule has 1 aliphatic heterocycles.